The molecular weight excluding hydrogens is 320 g/mol. The van der Waals surface area contributed by atoms with Gasteiger partial charge in [0.1, 0.15) is 5.82 Å². The summed E-state index contributed by atoms with van der Waals surface area (Å²) in [4.78, 5) is 18.0. The van der Waals surface area contributed by atoms with E-state index in [-0.39, 0.29) is 11.6 Å². The van der Waals surface area contributed by atoms with Gasteiger partial charge < -0.3 is 0 Å². The second-order valence-electron chi connectivity index (χ2n) is 6.55. The summed E-state index contributed by atoms with van der Waals surface area (Å²) in [5.74, 6) is 0.690. The Hall–Kier alpha value is -2.13. The first-order valence-electron chi connectivity index (χ1n) is 8.43. The van der Waals surface area contributed by atoms with Gasteiger partial charge in [-0.3, -0.25) is 9.36 Å². The summed E-state index contributed by atoms with van der Waals surface area (Å²) < 4.78 is 1.88. The highest BCUT2D eigenvalue weighted by Gasteiger charge is 2.24. The summed E-state index contributed by atoms with van der Waals surface area (Å²) in [6.45, 7) is 2.01. The molecule has 3 nitrogen and oxygen atoms in total. The van der Waals surface area contributed by atoms with Crippen molar-refractivity contribution in [3.05, 3.63) is 63.4 Å². The van der Waals surface area contributed by atoms with Crippen LogP contribution in [-0.4, -0.2) is 9.55 Å². The summed E-state index contributed by atoms with van der Waals surface area (Å²) in [6, 6.07) is 13.7. The highest BCUT2D eigenvalue weighted by atomic mass is 35.5. The molecule has 0 radical (unpaired) electrons. The Labute approximate surface area is 145 Å². The van der Waals surface area contributed by atoms with Gasteiger partial charge in [-0.25, -0.2) is 4.98 Å². The molecule has 0 spiro atoms. The van der Waals surface area contributed by atoms with Crippen molar-refractivity contribution in [2.24, 2.45) is 0 Å². The fourth-order valence-electron chi connectivity index (χ4n) is 3.64. The number of aryl methyl sites for hydroxylation is 1. The van der Waals surface area contributed by atoms with E-state index in [1.165, 1.54) is 0 Å². The standard InChI is InChI=1S/C20H19ClN2O/c1-13-10-11-15(17(21)12-13)19-22-18-9-5-4-8-16(18)20(24)23(19)14-6-2-3-7-14/h4-5,8-12,14H,2-3,6-7H2,1H3. The summed E-state index contributed by atoms with van der Waals surface area (Å²) in [6.07, 6.45) is 4.36. The summed E-state index contributed by atoms with van der Waals surface area (Å²) >= 11 is 6.49. The lowest BCUT2D eigenvalue weighted by molar-refractivity contribution is 0.505. The molecule has 0 N–H and O–H groups in total. The van der Waals surface area contributed by atoms with Crippen molar-refractivity contribution in [3.63, 3.8) is 0 Å². The van der Waals surface area contributed by atoms with Crippen LogP contribution in [-0.2, 0) is 0 Å². The zero-order valence-corrected chi connectivity index (χ0v) is 14.4. The third-order valence-electron chi connectivity index (χ3n) is 4.86. The van der Waals surface area contributed by atoms with E-state index in [1.807, 2.05) is 54.0 Å². The van der Waals surface area contributed by atoms with Gasteiger partial charge in [0.15, 0.2) is 0 Å². The van der Waals surface area contributed by atoms with Crippen molar-refractivity contribution < 1.29 is 0 Å². The molecule has 1 aromatic heterocycles. The number of hydrogen-bond donors (Lipinski definition) is 0. The van der Waals surface area contributed by atoms with Crippen LogP contribution in [0.25, 0.3) is 22.3 Å². The number of fused-ring (bicyclic) bond motifs is 1. The van der Waals surface area contributed by atoms with Gasteiger partial charge in [0.05, 0.1) is 15.9 Å². The topological polar surface area (TPSA) is 34.9 Å². The number of rotatable bonds is 2. The van der Waals surface area contributed by atoms with Crippen LogP contribution in [0.1, 0.15) is 37.3 Å². The first-order chi connectivity index (χ1) is 11.6. The van der Waals surface area contributed by atoms with E-state index in [2.05, 4.69) is 0 Å². The quantitative estimate of drug-likeness (QED) is 0.648. The molecule has 4 heteroatoms. The molecular formula is C20H19ClN2O. The molecule has 0 bridgehead atoms. The molecule has 122 valence electrons. The zero-order valence-electron chi connectivity index (χ0n) is 13.6. The van der Waals surface area contributed by atoms with E-state index in [0.717, 1.165) is 42.3 Å². The minimum atomic E-state index is 0.0409. The molecule has 4 rings (SSSR count). The number of aromatic nitrogens is 2. The Morgan fingerprint density at radius 3 is 2.62 bits per heavy atom. The van der Waals surface area contributed by atoms with E-state index in [1.54, 1.807) is 0 Å². The highest BCUT2D eigenvalue weighted by Crippen LogP contribution is 2.34. The largest absolute Gasteiger partial charge is 0.289 e. The van der Waals surface area contributed by atoms with Crippen LogP contribution in [0.2, 0.25) is 5.02 Å². The lowest BCUT2D eigenvalue weighted by Crippen LogP contribution is -2.26. The van der Waals surface area contributed by atoms with Gasteiger partial charge in [0.25, 0.3) is 5.56 Å². The maximum atomic E-state index is 13.2. The number of nitrogens with zero attached hydrogens (tertiary/aromatic N) is 2. The number of benzene rings is 2. The fourth-order valence-corrected chi connectivity index (χ4v) is 3.96. The maximum Gasteiger partial charge on any atom is 0.261 e. The molecule has 1 aliphatic carbocycles. The monoisotopic (exact) mass is 338 g/mol. The van der Waals surface area contributed by atoms with Crippen molar-refractivity contribution in [1.82, 2.24) is 9.55 Å². The van der Waals surface area contributed by atoms with Crippen molar-refractivity contribution in [2.75, 3.05) is 0 Å². The van der Waals surface area contributed by atoms with Crippen LogP contribution in [0.3, 0.4) is 0 Å². The Bertz CT molecular complexity index is 971. The molecule has 0 atom stereocenters. The first kappa shape index (κ1) is 15.4. The Morgan fingerprint density at radius 1 is 1.12 bits per heavy atom. The van der Waals surface area contributed by atoms with Gasteiger partial charge in [-0.2, -0.15) is 0 Å². The molecule has 1 heterocycles. The minimum Gasteiger partial charge on any atom is -0.289 e. The predicted molar refractivity (Wildman–Crippen MR) is 98.7 cm³/mol. The fraction of sp³-hybridized carbons (Fsp3) is 0.300. The van der Waals surface area contributed by atoms with Crippen molar-refractivity contribution in [1.29, 1.82) is 0 Å². The van der Waals surface area contributed by atoms with Crippen LogP contribution in [0.5, 0.6) is 0 Å². The molecule has 1 aliphatic rings. The van der Waals surface area contributed by atoms with Gasteiger partial charge in [-0.1, -0.05) is 42.6 Å². The molecule has 0 unspecified atom stereocenters. The van der Waals surface area contributed by atoms with Gasteiger partial charge in [0.2, 0.25) is 0 Å². The molecule has 24 heavy (non-hydrogen) atoms. The van der Waals surface area contributed by atoms with Crippen LogP contribution in [0, 0.1) is 6.92 Å². The number of hydrogen-bond acceptors (Lipinski definition) is 2. The smallest absolute Gasteiger partial charge is 0.261 e. The van der Waals surface area contributed by atoms with Gasteiger partial charge in [-0.05, 0) is 49.6 Å². The Morgan fingerprint density at radius 2 is 1.88 bits per heavy atom. The third-order valence-corrected chi connectivity index (χ3v) is 5.18. The number of halogens is 1. The van der Waals surface area contributed by atoms with E-state index in [4.69, 9.17) is 16.6 Å². The summed E-state index contributed by atoms with van der Waals surface area (Å²) in [7, 11) is 0. The summed E-state index contributed by atoms with van der Waals surface area (Å²) in [5.41, 5.74) is 2.69. The molecule has 0 aliphatic heterocycles. The van der Waals surface area contributed by atoms with Crippen molar-refractivity contribution in [2.45, 2.75) is 38.6 Å². The predicted octanol–water partition coefficient (Wildman–Crippen LogP) is 5.14. The van der Waals surface area contributed by atoms with Crippen molar-refractivity contribution >= 4 is 22.5 Å². The Balaban J connectivity index is 2.05. The van der Waals surface area contributed by atoms with Gasteiger partial charge in [0, 0.05) is 11.6 Å². The second-order valence-corrected chi connectivity index (χ2v) is 6.96. The molecule has 0 saturated heterocycles. The molecule has 2 aromatic carbocycles. The van der Waals surface area contributed by atoms with E-state index < -0.39 is 0 Å². The van der Waals surface area contributed by atoms with Gasteiger partial charge >= 0.3 is 0 Å². The van der Waals surface area contributed by atoms with Crippen LogP contribution >= 0.6 is 11.6 Å². The average Bonchev–Trinajstić information content (AvgIpc) is 3.09. The third kappa shape index (κ3) is 2.53. The number of para-hydroxylation sites is 1. The van der Waals surface area contributed by atoms with Gasteiger partial charge in [-0.15, -0.1) is 0 Å². The van der Waals surface area contributed by atoms with Crippen LogP contribution < -0.4 is 5.56 Å². The lowest BCUT2D eigenvalue weighted by Gasteiger charge is -2.20. The van der Waals surface area contributed by atoms with Crippen molar-refractivity contribution in [3.8, 4) is 11.4 Å². The normalized spacial score (nSPS) is 15.2. The van der Waals surface area contributed by atoms with E-state index in [9.17, 15) is 4.79 Å². The molecule has 3 aromatic rings. The lowest BCUT2D eigenvalue weighted by atomic mass is 10.1. The molecule has 1 saturated carbocycles. The van der Waals surface area contributed by atoms with E-state index >= 15 is 0 Å². The maximum absolute atomic E-state index is 13.2. The SMILES string of the molecule is Cc1ccc(-c2nc3ccccc3c(=O)n2C2CCCC2)c(Cl)c1. The Kier molecular flexibility index (Phi) is 3.89. The second kappa shape index (κ2) is 6.06. The first-order valence-corrected chi connectivity index (χ1v) is 8.81. The zero-order chi connectivity index (χ0) is 16.7. The molecule has 0 amide bonds. The van der Waals surface area contributed by atoms with E-state index in [0.29, 0.717) is 16.2 Å². The average molecular weight is 339 g/mol. The van der Waals surface area contributed by atoms with Crippen LogP contribution in [0.4, 0.5) is 0 Å². The minimum absolute atomic E-state index is 0.0409. The summed E-state index contributed by atoms with van der Waals surface area (Å²) in [5, 5.41) is 1.32. The molecule has 1 fully saturated rings. The highest BCUT2D eigenvalue weighted by molar-refractivity contribution is 6.33. The van der Waals surface area contributed by atoms with Crippen LogP contribution in [0.15, 0.2) is 47.3 Å².